The Morgan fingerprint density at radius 1 is 1.00 bits per heavy atom. The van der Waals surface area contributed by atoms with Crippen molar-refractivity contribution in [2.45, 2.75) is 10.1 Å². The average Bonchev–Trinajstić information content (AvgIpc) is 2.49. The van der Waals surface area contributed by atoms with Gasteiger partial charge in [0.2, 0.25) is 0 Å². The first-order valence-electron chi connectivity index (χ1n) is 6.27. The Hall–Kier alpha value is -2.41. The van der Waals surface area contributed by atoms with Crippen LogP contribution in [0.3, 0.4) is 0 Å². The molecule has 1 aliphatic rings. The summed E-state index contributed by atoms with van der Waals surface area (Å²) in [6.45, 7) is 0. The molecule has 0 aromatic heterocycles. The van der Waals surface area contributed by atoms with Crippen LogP contribution in [0.4, 0.5) is 14.5 Å². The lowest BCUT2D eigenvalue weighted by Crippen LogP contribution is -2.34. The third-order valence-electron chi connectivity index (χ3n) is 3.33. The van der Waals surface area contributed by atoms with Crippen molar-refractivity contribution in [1.82, 2.24) is 0 Å². The molecule has 1 heterocycles. The van der Waals surface area contributed by atoms with Gasteiger partial charge in [-0.25, -0.2) is 17.2 Å². The van der Waals surface area contributed by atoms with Crippen LogP contribution in [0.25, 0.3) is 0 Å². The van der Waals surface area contributed by atoms with Crippen LogP contribution < -0.4 is 0 Å². The van der Waals surface area contributed by atoms with Gasteiger partial charge in [-0.05, 0) is 36.4 Å². The lowest BCUT2D eigenvalue weighted by atomic mass is 10.0. The second-order valence-electron chi connectivity index (χ2n) is 4.70. The summed E-state index contributed by atoms with van der Waals surface area (Å²) in [5.74, 6) is -2.04. The van der Waals surface area contributed by atoms with E-state index in [-0.39, 0.29) is 16.1 Å². The van der Waals surface area contributed by atoms with E-state index in [4.69, 9.17) is 0 Å². The number of benzene rings is 2. The number of ketones is 1. The van der Waals surface area contributed by atoms with Gasteiger partial charge in [0.15, 0.2) is 20.9 Å². The zero-order valence-corrected chi connectivity index (χ0v) is 11.8. The fourth-order valence-electron chi connectivity index (χ4n) is 2.20. The molecule has 0 saturated carbocycles. The standard InChI is InChI=1S/C15H9F2NO3S/c16-9-4-6-10(7-5-9)22(20,21)13-8-18-14-11(15(13)19)2-1-3-12(14)17/h1-8,13H. The molecular formula is C15H9F2NO3S. The molecule has 3 rings (SSSR count). The molecule has 4 nitrogen and oxygen atoms in total. The summed E-state index contributed by atoms with van der Waals surface area (Å²) in [5, 5.41) is -1.55. The molecule has 22 heavy (non-hydrogen) atoms. The minimum atomic E-state index is -4.07. The molecule has 7 heteroatoms. The number of halogens is 2. The molecule has 0 fully saturated rings. The number of carbonyl (C=O) groups is 1. The van der Waals surface area contributed by atoms with Crippen LogP contribution in [0.15, 0.2) is 52.4 Å². The van der Waals surface area contributed by atoms with Gasteiger partial charge in [-0.15, -0.1) is 0 Å². The summed E-state index contributed by atoms with van der Waals surface area (Å²) >= 11 is 0. The van der Waals surface area contributed by atoms with E-state index in [9.17, 15) is 22.0 Å². The number of aliphatic imine (C=N–C) groups is 1. The number of Topliss-reactive ketones (excluding diaryl/α,β-unsaturated/α-hetero) is 1. The maximum atomic E-state index is 13.6. The van der Waals surface area contributed by atoms with Crippen molar-refractivity contribution in [2.75, 3.05) is 0 Å². The van der Waals surface area contributed by atoms with E-state index in [1.165, 1.54) is 12.1 Å². The van der Waals surface area contributed by atoms with Crippen LogP contribution in [-0.4, -0.2) is 25.7 Å². The minimum absolute atomic E-state index is 0.0850. The first-order chi connectivity index (χ1) is 10.4. The molecule has 2 aromatic rings. The summed E-state index contributed by atoms with van der Waals surface area (Å²) in [6.07, 6.45) is 0.909. The van der Waals surface area contributed by atoms with Gasteiger partial charge in [-0.2, -0.15) is 0 Å². The van der Waals surface area contributed by atoms with E-state index in [1.807, 2.05) is 0 Å². The van der Waals surface area contributed by atoms with Gasteiger partial charge in [0, 0.05) is 11.8 Å². The quantitative estimate of drug-likeness (QED) is 0.799. The highest BCUT2D eigenvalue weighted by molar-refractivity contribution is 7.93. The molecule has 0 N–H and O–H groups in total. The number of fused-ring (bicyclic) bond motifs is 1. The van der Waals surface area contributed by atoms with Gasteiger partial charge in [-0.3, -0.25) is 9.79 Å². The highest BCUT2D eigenvalue weighted by Crippen LogP contribution is 2.30. The molecule has 1 atom stereocenters. The Morgan fingerprint density at radius 2 is 1.68 bits per heavy atom. The fraction of sp³-hybridized carbons (Fsp3) is 0.0667. The zero-order valence-electron chi connectivity index (χ0n) is 11.0. The van der Waals surface area contributed by atoms with Crippen LogP contribution in [0.1, 0.15) is 10.4 Å². The van der Waals surface area contributed by atoms with Crippen molar-refractivity contribution in [3.8, 4) is 0 Å². The fourth-order valence-corrected chi connectivity index (χ4v) is 3.64. The molecule has 0 radical (unpaired) electrons. The molecule has 2 aromatic carbocycles. The molecule has 0 aliphatic carbocycles. The zero-order chi connectivity index (χ0) is 15.9. The Balaban J connectivity index is 2.08. The smallest absolute Gasteiger partial charge is 0.193 e. The summed E-state index contributed by atoms with van der Waals surface area (Å²) in [5.41, 5.74) is -0.253. The van der Waals surface area contributed by atoms with Gasteiger partial charge in [-0.1, -0.05) is 6.07 Å². The molecule has 0 amide bonds. The molecular weight excluding hydrogens is 312 g/mol. The van der Waals surface area contributed by atoms with Crippen molar-refractivity contribution in [3.63, 3.8) is 0 Å². The maximum absolute atomic E-state index is 13.6. The highest BCUT2D eigenvalue weighted by Gasteiger charge is 2.37. The molecule has 1 aliphatic heterocycles. The van der Waals surface area contributed by atoms with Gasteiger partial charge in [0.1, 0.15) is 17.3 Å². The summed E-state index contributed by atoms with van der Waals surface area (Å²) in [6, 6.07) is 7.91. The number of nitrogens with zero attached hydrogens (tertiary/aromatic N) is 1. The van der Waals surface area contributed by atoms with Crippen molar-refractivity contribution in [3.05, 3.63) is 59.7 Å². The van der Waals surface area contributed by atoms with Gasteiger partial charge >= 0.3 is 0 Å². The second kappa shape index (κ2) is 5.10. The van der Waals surface area contributed by atoms with E-state index in [0.717, 1.165) is 36.5 Å². The topological polar surface area (TPSA) is 63.6 Å². The SMILES string of the molecule is O=C1c2cccc(F)c2N=CC1S(=O)(=O)c1ccc(F)cc1. The van der Waals surface area contributed by atoms with Crippen LogP contribution in [0, 0.1) is 11.6 Å². The van der Waals surface area contributed by atoms with Gasteiger partial charge in [0.05, 0.1) is 4.90 Å². The molecule has 0 saturated heterocycles. The second-order valence-corrected chi connectivity index (χ2v) is 6.77. The third kappa shape index (κ3) is 2.23. The van der Waals surface area contributed by atoms with Gasteiger partial charge < -0.3 is 0 Å². The molecule has 1 unspecified atom stereocenters. The lowest BCUT2D eigenvalue weighted by Gasteiger charge is -2.18. The average molecular weight is 321 g/mol. The summed E-state index contributed by atoms with van der Waals surface area (Å²) in [7, 11) is -4.07. The van der Waals surface area contributed by atoms with E-state index in [0.29, 0.717) is 0 Å². The van der Waals surface area contributed by atoms with Crippen molar-refractivity contribution >= 4 is 27.5 Å². The summed E-state index contributed by atoms with van der Waals surface area (Å²) < 4.78 is 51.4. The van der Waals surface area contributed by atoms with Crippen LogP contribution >= 0.6 is 0 Å². The van der Waals surface area contributed by atoms with Crippen molar-refractivity contribution in [1.29, 1.82) is 0 Å². The number of sulfone groups is 1. The Morgan fingerprint density at radius 3 is 2.36 bits per heavy atom. The van der Waals surface area contributed by atoms with Gasteiger partial charge in [0.25, 0.3) is 0 Å². The maximum Gasteiger partial charge on any atom is 0.193 e. The first-order valence-corrected chi connectivity index (χ1v) is 7.82. The van der Waals surface area contributed by atoms with E-state index in [2.05, 4.69) is 4.99 Å². The summed E-state index contributed by atoms with van der Waals surface area (Å²) in [4.78, 5) is 15.9. The predicted molar refractivity (Wildman–Crippen MR) is 76.3 cm³/mol. The number of rotatable bonds is 2. The molecule has 0 bridgehead atoms. The number of para-hydroxylation sites is 1. The lowest BCUT2D eigenvalue weighted by molar-refractivity contribution is 0.100. The largest absolute Gasteiger partial charge is 0.292 e. The van der Waals surface area contributed by atoms with E-state index >= 15 is 0 Å². The third-order valence-corrected chi connectivity index (χ3v) is 5.26. The molecule has 112 valence electrons. The van der Waals surface area contributed by atoms with Crippen molar-refractivity contribution in [2.24, 2.45) is 4.99 Å². The number of hydrogen-bond donors (Lipinski definition) is 0. The van der Waals surface area contributed by atoms with Crippen LogP contribution in [-0.2, 0) is 9.84 Å². The highest BCUT2D eigenvalue weighted by atomic mass is 32.2. The molecule has 0 spiro atoms. The van der Waals surface area contributed by atoms with E-state index < -0.39 is 32.5 Å². The number of hydrogen-bond acceptors (Lipinski definition) is 4. The minimum Gasteiger partial charge on any atom is -0.292 e. The van der Waals surface area contributed by atoms with E-state index in [1.54, 1.807) is 0 Å². The van der Waals surface area contributed by atoms with Crippen molar-refractivity contribution < 1.29 is 22.0 Å². The monoisotopic (exact) mass is 321 g/mol. The van der Waals surface area contributed by atoms with Crippen LogP contribution in [0.5, 0.6) is 0 Å². The Labute approximate surface area is 125 Å². The number of carbonyl (C=O) groups excluding carboxylic acids is 1. The van der Waals surface area contributed by atoms with Crippen LogP contribution in [0.2, 0.25) is 0 Å². The normalized spacial score (nSPS) is 17.4. The Kier molecular flexibility index (Phi) is 3.37. The first kappa shape index (κ1) is 14.5. The predicted octanol–water partition coefficient (Wildman–Crippen LogP) is 2.71. The Bertz CT molecular complexity index is 890.